The number of hydrogen-bond donors (Lipinski definition) is 0. The average Bonchev–Trinajstić information content (AvgIpc) is 1.99. The number of hydrogen-bond acceptors (Lipinski definition) is 3. The smallest absolute Gasteiger partial charge is 0.139 e. The summed E-state index contributed by atoms with van der Waals surface area (Å²) in [4.78, 5) is 7.46. The lowest BCUT2D eigenvalue weighted by Gasteiger charge is -2.53. The lowest BCUT2D eigenvalue weighted by molar-refractivity contribution is -0.953. The number of rotatable bonds is 1. The maximum Gasteiger partial charge on any atom is 0.139 e. The highest BCUT2D eigenvalue weighted by atomic mass is 15.7. The molecule has 2 aliphatic heterocycles. The van der Waals surface area contributed by atoms with E-state index in [1.807, 2.05) is 0 Å². The highest BCUT2D eigenvalue weighted by molar-refractivity contribution is 4.63. The van der Waals surface area contributed by atoms with Gasteiger partial charge in [-0.1, -0.05) is 6.92 Å². The molecule has 0 saturated carbocycles. The Kier molecular flexibility index (Phi) is 2.32. The van der Waals surface area contributed by atoms with Crippen LogP contribution in [0.1, 0.15) is 6.92 Å². The van der Waals surface area contributed by atoms with Gasteiger partial charge in [-0.2, -0.15) is 0 Å². The molecule has 2 atom stereocenters. The standard InChI is InChI=1S/C9H21N4/c1-4-11-6-12-5-10(2)7-13(3,8-11)9-12/h4-9H2,1-3H3/q+1. The maximum atomic E-state index is 2.52. The molecule has 2 saturated heterocycles. The summed E-state index contributed by atoms with van der Waals surface area (Å²) in [6.45, 7) is 9.32. The summed E-state index contributed by atoms with van der Waals surface area (Å²) < 4.78 is 1.16. The molecule has 0 aromatic carbocycles. The van der Waals surface area contributed by atoms with E-state index in [0.29, 0.717) is 0 Å². The summed E-state index contributed by atoms with van der Waals surface area (Å²) >= 11 is 0. The van der Waals surface area contributed by atoms with Crippen molar-refractivity contribution in [2.45, 2.75) is 6.92 Å². The summed E-state index contributed by atoms with van der Waals surface area (Å²) in [5, 5.41) is 0. The first kappa shape index (κ1) is 9.40. The number of fused-ring (bicyclic) bond motifs is 2. The lowest BCUT2D eigenvalue weighted by atomic mass is 10.4. The van der Waals surface area contributed by atoms with Crippen molar-refractivity contribution in [3.05, 3.63) is 0 Å². The third-order valence-electron chi connectivity index (χ3n) is 2.95. The van der Waals surface area contributed by atoms with Gasteiger partial charge < -0.3 is 0 Å². The Morgan fingerprint density at radius 1 is 1.15 bits per heavy atom. The van der Waals surface area contributed by atoms with Crippen molar-refractivity contribution >= 4 is 0 Å². The fraction of sp³-hybridized carbons (Fsp3) is 1.00. The van der Waals surface area contributed by atoms with Crippen molar-refractivity contribution in [2.75, 3.05) is 54.0 Å². The molecule has 76 valence electrons. The molecule has 2 rings (SSSR count). The van der Waals surface area contributed by atoms with Crippen LogP contribution in [-0.4, -0.2) is 73.2 Å². The molecule has 0 aromatic rings. The number of nitrogens with zero attached hydrogens (tertiary/aromatic N) is 4. The highest BCUT2D eigenvalue weighted by Gasteiger charge is 2.38. The van der Waals surface area contributed by atoms with E-state index in [2.05, 4.69) is 35.7 Å². The Hall–Kier alpha value is -0.160. The van der Waals surface area contributed by atoms with Gasteiger partial charge in [0.15, 0.2) is 0 Å². The van der Waals surface area contributed by atoms with Crippen LogP contribution in [0.25, 0.3) is 0 Å². The molecule has 13 heavy (non-hydrogen) atoms. The number of quaternary nitrogens is 1. The molecule has 0 amide bonds. The third-order valence-corrected chi connectivity index (χ3v) is 2.95. The van der Waals surface area contributed by atoms with E-state index in [1.54, 1.807) is 0 Å². The van der Waals surface area contributed by atoms with Crippen LogP contribution in [0.2, 0.25) is 0 Å². The molecule has 2 fully saturated rings. The molecule has 0 aromatic heterocycles. The van der Waals surface area contributed by atoms with Gasteiger partial charge in [0, 0.05) is 6.54 Å². The van der Waals surface area contributed by atoms with Crippen molar-refractivity contribution in [1.29, 1.82) is 0 Å². The monoisotopic (exact) mass is 185 g/mol. The van der Waals surface area contributed by atoms with Gasteiger partial charge in [0.1, 0.15) is 20.0 Å². The molecular weight excluding hydrogens is 164 g/mol. The Morgan fingerprint density at radius 2 is 1.92 bits per heavy atom. The van der Waals surface area contributed by atoms with Gasteiger partial charge in [-0.05, 0) is 7.05 Å². The molecule has 2 bridgehead atoms. The van der Waals surface area contributed by atoms with Crippen LogP contribution in [0.5, 0.6) is 0 Å². The van der Waals surface area contributed by atoms with Crippen molar-refractivity contribution < 1.29 is 4.48 Å². The van der Waals surface area contributed by atoms with E-state index in [-0.39, 0.29) is 0 Å². The molecule has 2 heterocycles. The average molecular weight is 185 g/mol. The molecule has 4 nitrogen and oxygen atoms in total. The zero-order valence-electron chi connectivity index (χ0n) is 9.03. The van der Waals surface area contributed by atoms with Crippen LogP contribution in [0.15, 0.2) is 0 Å². The first-order valence-electron chi connectivity index (χ1n) is 5.08. The quantitative estimate of drug-likeness (QED) is 0.524. The van der Waals surface area contributed by atoms with Crippen LogP contribution in [0.4, 0.5) is 0 Å². The Labute approximate surface area is 80.9 Å². The minimum absolute atomic E-state index is 1.13. The largest absolute Gasteiger partial charge is 0.288 e. The second kappa shape index (κ2) is 3.20. The fourth-order valence-electron chi connectivity index (χ4n) is 2.73. The molecule has 0 spiro atoms. The van der Waals surface area contributed by atoms with Gasteiger partial charge in [0.05, 0.1) is 20.4 Å². The van der Waals surface area contributed by atoms with Crippen LogP contribution in [-0.2, 0) is 0 Å². The van der Waals surface area contributed by atoms with Crippen molar-refractivity contribution in [3.63, 3.8) is 0 Å². The van der Waals surface area contributed by atoms with E-state index >= 15 is 0 Å². The van der Waals surface area contributed by atoms with Crippen LogP contribution >= 0.6 is 0 Å². The predicted molar refractivity (Wildman–Crippen MR) is 52.5 cm³/mol. The SMILES string of the molecule is CCN1CN2CN(C)C[N+](C)(C1)C2. The van der Waals surface area contributed by atoms with Gasteiger partial charge in [-0.25, -0.2) is 14.7 Å². The summed E-state index contributed by atoms with van der Waals surface area (Å²) in [5.74, 6) is 0. The van der Waals surface area contributed by atoms with E-state index in [0.717, 1.165) is 17.8 Å². The normalized spacial score (nSPS) is 42.2. The molecule has 0 N–H and O–H groups in total. The van der Waals surface area contributed by atoms with Crippen molar-refractivity contribution in [1.82, 2.24) is 14.7 Å². The maximum absolute atomic E-state index is 2.52. The van der Waals surface area contributed by atoms with Gasteiger partial charge in [-0.15, -0.1) is 0 Å². The van der Waals surface area contributed by atoms with Crippen molar-refractivity contribution in [2.24, 2.45) is 0 Å². The lowest BCUT2D eigenvalue weighted by Crippen LogP contribution is -2.71. The second-order valence-corrected chi connectivity index (χ2v) is 4.84. The molecular formula is C9H21N4+. The first-order chi connectivity index (χ1) is 6.11. The zero-order valence-corrected chi connectivity index (χ0v) is 9.03. The Bertz CT molecular complexity index is 192. The molecule has 4 heteroatoms. The predicted octanol–water partition coefficient (Wildman–Crippen LogP) is -0.197. The third kappa shape index (κ3) is 1.86. The Morgan fingerprint density at radius 3 is 2.54 bits per heavy atom. The molecule has 0 radical (unpaired) electrons. The van der Waals surface area contributed by atoms with Crippen LogP contribution in [0, 0.1) is 0 Å². The van der Waals surface area contributed by atoms with Crippen LogP contribution < -0.4 is 0 Å². The van der Waals surface area contributed by atoms with E-state index in [4.69, 9.17) is 0 Å². The van der Waals surface area contributed by atoms with E-state index < -0.39 is 0 Å². The van der Waals surface area contributed by atoms with Crippen LogP contribution in [0.3, 0.4) is 0 Å². The van der Waals surface area contributed by atoms with Crippen molar-refractivity contribution in [3.8, 4) is 0 Å². The minimum atomic E-state index is 1.13. The van der Waals surface area contributed by atoms with Gasteiger partial charge in [0.25, 0.3) is 0 Å². The zero-order chi connectivity index (χ0) is 9.47. The van der Waals surface area contributed by atoms with Gasteiger partial charge >= 0.3 is 0 Å². The first-order valence-corrected chi connectivity index (χ1v) is 5.08. The fourth-order valence-corrected chi connectivity index (χ4v) is 2.73. The summed E-state index contributed by atoms with van der Waals surface area (Å²) in [5.41, 5.74) is 0. The summed E-state index contributed by atoms with van der Waals surface area (Å²) in [6.07, 6.45) is 0. The highest BCUT2D eigenvalue weighted by Crippen LogP contribution is 2.19. The topological polar surface area (TPSA) is 9.72 Å². The molecule has 0 aliphatic carbocycles. The summed E-state index contributed by atoms with van der Waals surface area (Å²) in [6, 6.07) is 0. The minimum Gasteiger partial charge on any atom is -0.288 e. The molecule has 2 unspecified atom stereocenters. The van der Waals surface area contributed by atoms with Gasteiger partial charge in [0.2, 0.25) is 0 Å². The van der Waals surface area contributed by atoms with E-state index in [1.165, 1.54) is 26.6 Å². The Balaban J connectivity index is 2.08. The molecule has 2 aliphatic rings. The van der Waals surface area contributed by atoms with E-state index in [9.17, 15) is 0 Å². The summed E-state index contributed by atoms with van der Waals surface area (Å²) in [7, 11) is 4.56. The second-order valence-electron chi connectivity index (χ2n) is 4.84. The van der Waals surface area contributed by atoms with Gasteiger partial charge in [-0.3, -0.25) is 4.48 Å².